The van der Waals surface area contributed by atoms with Crippen LogP contribution in [0.25, 0.3) is 6.08 Å². The van der Waals surface area contributed by atoms with Crippen molar-refractivity contribution in [1.82, 2.24) is 0 Å². The highest BCUT2D eigenvalue weighted by molar-refractivity contribution is 5.87. The van der Waals surface area contributed by atoms with Crippen molar-refractivity contribution in [2.45, 2.75) is 38.4 Å². The summed E-state index contributed by atoms with van der Waals surface area (Å²) < 4.78 is 15.4. The Morgan fingerprint density at radius 3 is 2.68 bits per heavy atom. The Hall–Kier alpha value is -1.89. The number of aliphatic hydroxyl groups is 2. The summed E-state index contributed by atoms with van der Waals surface area (Å²) >= 11 is 0. The Morgan fingerprint density at radius 2 is 2.05 bits per heavy atom. The summed E-state index contributed by atoms with van der Waals surface area (Å²) in [6.07, 6.45) is 0.361. The molecule has 2 unspecified atom stereocenters. The molecule has 0 amide bonds. The molecule has 1 aliphatic rings. The minimum absolute atomic E-state index is 0.121. The summed E-state index contributed by atoms with van der Waals surface area (Å²) in [5, 5.41) is 18.8. The lowest BCUT2D eigenvalue weighted by molar-refractivity contribution is -0.259. The lowest BCUT2D eigenvalue weighted by Gasteiger charge is -2.29. The van der Waals surface area contributed by atoms with Crippen molar-refractivity contribution in [3.63, 3.8) is 0 Å². The van der Waals surface area contributed by atoms with Gasteiger partial charge in [-0.15, -0.1) is 0 Å². The van der Waals surface area contributed by atoms with Crippen LogP contribution in [-0.2, 0) is 14.3 Å². The number of aliphatic hydroxyl groups excluding tert-OH is 2. The fourth-order valence-electron chi connectivity index (χ4n) is 2.09. The van der Waals surface area contributed by atoms with Crippen LogP contribution < -0.4 is 4.74 Å². The highest BCUT2D eigenvalue weighted by Gasteiger charge is 2.29. The maximum absolute atomic E-state index is 11.7. The summed E-state index contributed by atoms with van der Waals surface area (Å²) in [7, 11) is 0. The highest BCUT2D eigenvalue weighted by atomic mass is 16.7. The van der Waals surface area contributed by atoms with Crippen LogP contribution >= 0.6 is 0 Å². The van der Waals surface area contributed by atoms with Gasteiger partial charge in [-0.1, -0.05) is 12.1 Å². The Morgan fingerprint density at radius 1 is 1.32 bits per heavy atom. The summed E-state index contributed by atoms with van der Waals surface area (Å²) in [4.78, 5) is 11.7. The fraction of sp³-hybridized carbons (Fsp3) is 0.438. The van der Waals surface area contributed by atoms with Gasteiger partial charge in [0.15, 0.2) is 6.29 Å². The number of ether oxygens (including phenoxy) is 3. The standard InChI is InChI=1S/C16H20O6/c1-2-20-13-6-3-11(4-7-13)5-8-14(18)21-16-10-12(17)9-15(19)22-16/h3-8,12,15-17,19H,2,9-10H2,1H3/b8-5+/t12-,15?,16?/m1/s1. The monoisotopic (exact) mass is 308 g/mol. The predicted octanol–water partition coefficient (Wildman–Crippen LogP) is 1.46. The van der Waals surface area contributed by atoms with E-state index in [2.05, 4.69) is 0 Å². The molecule has 1 aliphatic heterocycles. The molecule has 2 N–H and O–H groups in total. The molecule has 2 rings (SSSR count). The van der Waals surface area contributed by atoms with Crippen molar-refractivity contribution >= 4 is 12.0 Å². The zero-order chi connectivity index (χ0) is 15.9. The molecule has 0 spiro atoms. The molecule has 0 aromatic heterocycles. The topological polar surface area (TPSA) is 85.2 Å². The van der Waals surface area contributed by atoms with Gasteiger partial charge in [-0.25, -0.2) is 4.79 Å². The molecule has 6 heteroatoms. The zero-order valence-electron chi connectivity index (χ0n) is 12.3. The van der Waals surface area contributed by atoms with E-state index in [-0.39, 0.29) is 12.8 Å². The molecular formula is C16H20O6. The molecule has 6 nitrogen and oxygen atoms in total. The van der Waals surface area contributed by atoms with Crippen LogP contribution in [0.2, 0.25) is 0 Å². The molecule has 1 saturated heterocycles. The molecule has 1 heterocycles. The second-order valence-corrected chi connectivity index (χ2v) is 4.92. The first-order valence-corrected chi connectivity index (χ1v) is 7.20. The van der Waals surface area contributed by atoms with Gasteiger partial charge in [-0.3, -0.25) is 0 Å². The van der Waals surface area contributed by atoms with Crippen LogP contribution in [0, 0.1) is 0 Å². The van der Waals surface area contributed by atoms with Crippen molar-refractivity contribution in [2.75, 3.05) is 6.61 Å². The number of benzene rings is 1. The third-order valence-corrected chi connectivity index (χ3v) is 3.10. The maximum atomic E-state index is 11.7. The molecule has 1 aromatic carbocycles. The molecule has 0 radical (unpaired) electrons. The van der Waals surface area contributed by atoms with E-state index in [9.17, 15) is 15.0 Å². The van der Waals surface area contributed by atoms with Crippen LogP contribution in [0.4, 0.5) is 0 Å². The van der Waals surface area contributed by atoms with Gasteiger partial charge >= 0.3 is 5.97 Å². The van der Waals surface area contributed by atoms with E-state index >= 15 is 0 Å². The van der Waals surface area contributed by atoms with Crippen LogP contribution in [0.5, 0.6) is 5.75 Å². The number of carbonyl (C=O) groups excluding carboxylic acids is 1. The first kappa shape index (κ1) is 16.5. The molecule has 3 atom stereocenters. The quantitative estimate of drug-likeness (QED) is 0.633. The molecule has 0 aliphatic carbocycles. The number of rotatable bonds is 5. The molecule has 0 bridgehead atoms. The van der Waals surface area contributed by atoms with Gasteiger partial charge in [0.1, 0.15) is 5.75 Å². The van der Waals surface area contributed by atoms with Crippen molar-refractivity contribution in [3.05, 3.63) is 35.9 Å². The number of carbonyl (C=O) groups is 1. The van der Waals surface area contributed by atoms with E-state index in [1.807, 2.05) is 31.2 Å². The van der Waals surface area contributed by atoms with Crippen LogP contribution in [0.1, 0.15) is 25.3 Å². The minimum atomic E-state index is -1.11. The number of hydrogen-bond acceptors (Lipinski definition) is 6. The number of esters is 1. The van der Waals surface area contributed by atoms with Crippen molar-refractivity contribution in [1.29, 1.82) is 0 Å². The van der Waals surface area contributed by atoms with E-state index in [0.29, 0.717) is 6.61 Å². The van der Waals surface area contributed by atoms with E-state index in [4.69, 9.17) is 14.2 Å². The van der Waals surface area contributed by atoms with Crippen molar-refractivity contribution < 1.29 is 29.2 Å². The summed E-state index contributed by atoms with van der Waals surface area (Å²) in [5.74, 6) is 0.168. The van der Waals surface area contributed by atoms with Gasteiger partial charge in [0.2, 0.25) is 6.29 Å². The van der Waals surface area contributed by atoms with Gasteiger partial charge in [0.25, 0.3) is 0 Å². The van der Waals surface area contributed by atoms with Gasteiger partial charge < -0.3 is 24.4 Å². The lowest BCUT2D eigenvalue weighted by atomic mass is 10.1. The Balaban J connectivity index is 1.85. The van der Waals surface area contributed by atoms with E-state index < -0.39 is 24.7 Å². The summed E-state index contributed by atoms with van der Waals surface area (Å²) in [6.45, 7) is 2.51. The molecular weight excluding hydrogens is 288 g/mol. The second-order valence-electron chi connectivity index (χ2n) is 4.92. The van der Waals surface area contributed by atoms with Gasteiger partial charge in [0.05, 0.1) is 12.7 Å². The van der Waals surface area contributed by atoms with E-state index in [1.165, 1.54) is 6.08 Å². The SMILES string of the molecule is CCOc1ccc(/C=C/C(=O)OC2C[C@H](O)CC(O)O2)cc1. The molecule has 1 aromatic rings. The van der Waals surface area contributed by atoms with E-state index in [1.54, 1.807) is 6.08 Å². The normalized spacial score (nSPS) is 25.1. The maximum Gasteiger partial charge on any atom is 0.333 e. The molecule has 120 valence electrons. The third-order valence-electron chi connectivity index (χ3n) is 3.10. The number of hydrogen-bond donors (Lipinski definition) is 2. The largest absolute Gasteiger partial charge is 0.494 e. The molecule has 0 saturated carbocycles. The minimum Gasteiger partial charge on any atom is -0.494 e. The van der Waals surface area contributed by atoms with Gasteiger partial charge in [-0.05, 0) is 30.7 Å². The Labute approximate surface area is 128 Å². The first-order valence-electron chi connectivity index (χ1n) is 7.20. The molecule has 1 fully saturated rings. The Bertz CT molecular complexity index is 500. The second kappa shape index (κ2) is 7.93. The average molecular weight is 308 g/mol. The summed E-state index contributed by atoms with van der Waals surface area (Å²) in [6, 6.07) is 7.26. The summed E-state index contributed by atoms with van der Waals surface area (Å²) in [5.41, 5.74) is 0.824. The average Bonchev–Trinajstić information content (AvgIpc) is 2.46. The van der Waals surface area contributed by atoms with Crippen LogP contribution in [0.3, 0.4) is 0 Å². The lowest BCUT2D eigenvalue weighted by Crippen LogP contribution is -2.37. The van der Waals surface area contributed by atoms with Crippen molar-refractivity contribution in [3.8, 4) is 5.75 Å². The van der Waals surface area contributed by atoms with Gasteiger partial charge in [-0.2, -0.15) is 0 Å². The highest BCUT2D eigenvalue weighted by Crippen LogP contribution is 2.19. The van der Waals surface area contributed by atoms with Crippen LogP contribution in [-0.4, -0.2) is 41.5 Å². The van der Waals surface area contributed by atoms with E-state index in [0.717, 1.165) is 11.3 Å². The van der Waals surface area contributed by atoms with Gasteiger partial charge in [0, 0.05) is 18.9 Å². The van der Waals surface area contributed by atoms with Crippen molar-refractivity contribution in [2.24, 2.45) is 0 Å². The fourth-order valence-corrected chi connectivity index (χ4v) is 2.09. The zero-order valence-corrected chi connectivity index (χ0v) is 12.3. The van der Waals surface area contributed by atoms with Crippen LogP contribution in [0.15, 0.2) is 30.3 Å². The smallest absolute Gasteiger partial charge is 0.333 e. The molecule has 22 heavy (non-hydrogen) atoms. The first-order chi connectivity index (χ1) is 10.6. The predicted molar refractivity (Wildman–Crippen MR) is 78.9 cm³/mol. The third kappa shape index (κ3) is 5.14. The Kier molecular flexibility index (Phi) is 5.94.